The molecule has 2 rings (SSSR count). The number of morpholine rings is 1. The molecule has 0 aromatic heterocycles. The zero-order valence-corrected chi connectivity index (χ0v) is 16.4. The first kappa shape index (κ1) is 21.8. The van der Waals surface area contributed by atoms with Crippen molar-refractivity contribution in [3.63, 3.8) is 0 Å². The summed E-state index contributed by atoms with van der Waals surface area (Å²) in [5.74, 6) is -0.177. The maximum atomic E-state index is 13.2. The largest absolute Gasteiger partial charge is 0.389 e. The first-order valence-electron chi connectivity index (χ1n) is 9.44. The van der Waals surface area contributed by atoms with Crippen LogP contribution in [0.1, 0.15) is 24.2 Å². The zero-order chi connectivity index (χ0) is 19.8. The standard InChI is InChI=1S/C20H31FN2O4/c1-15(2)10-23(20(25)16-4-6-17(21)7-5-16)13-19-12-22(8-9-27-19)11-18(24)14-26-3/h4-7,15,18-19,24H,8-14H2,1-3H3. The van der Waals surface area contributed by atoms with E-state index in [1.165, 1.54) is 24.3 Å². The molecule has 1 saturated heterocycles. The monoisotopic (exact) mass is 382 g/mol. The van der Waals surface area contributed by atoms with E-state index in [1.807, 2.05) is 0 Å². The highest BCUT2D eigenvalue weighted by Gasteiger charge is 2.27. The summed E-state index contributed by atoms with van der Waals surface area (Å²) in [5.41, 5.74) is 0.472. The minimum absolute atomic E-state index is 0.121. The van der Waals surface area contributed by atoms with Gasteiger partial charge in [0, 0.05) is 45.4 Å². The average Bonchev–Trinajstić information content (AvgIpc) is 2.61. The smallest absolute Gasteiger partial charge is 0.253 e. The number of halogens is 1. The van der Waals surface area contributed by atoms with Crippen LogP contribution in [0, 0.1) is 11.7 Å². The van der Waals surface area contributed by atoms with Gasteiger partial charge < -0.3 is 19.5 Å². The fourth-order valence-electron chi connectivity index (χ4n) is 3.30. The summed E-state index contributed by atoms with van der Waals surface area (Å²) in [7, 11) is 1.57. The predicted octanol–water partition coefficient (Wildman–Crippen LogP) is 1.63. The third-order valence-corrected chi connectivity index (χ3v) is 4.44. The van der Waals surface area contributed by atoms with Gasteiger partial charge in [0.2, 0.25) is 0 Å². The number of hydrogen-bond acceptors (Lipinski definition) is 5. The van der Waals surface area contributed by atoms with E-state index in [0.29, 0.717) is 50.9 Å². The van der Waals surface area contributed by atoms with E-state index in [-0.39, 0.29) is 17.8 Å². The van der Waals surface area contributed by atoms with Crippen molar-refractivity contribution < 1.29 is 23.8 Å². The van der Waals surface area contributed by atoms with Gasteiger partial charge in [-0.2, -0.15) is 0 Å². The molecule has 1 aromatic rings. The molecule has 1 fully saturated rings. The normalized spacial score (nSPS) is 19.3. The van der Waals surface area contributed by atoms with Crippen LogP contribution in [0.2, 0.25) is 0 Å². The third kappa shape index (κ3) is 7.18. The Bertz CT molecular complexity index is 582. The van der Waals surface area contributed by atoms with Crippen LogP contribution >= 0.6 is 0 Å². The summed E-state index contributed by atoms with van der Waals surface area (Å²) >= 11 is 0. The number of ether oxygens (including phenoxy) is 2. The fourth-order valence-corrected chi connectivity index (χ4v) is 3.30. The van der Waals surface area contributed by atoms with Gasteiger partial charge in [-0.1, -0.05) is 13.8 Å². The van der Waals surface area contributed by atoms with Crippen molar-refractivity contribution in [2.45, 2.75) is 26.1 Å². The molecule has 6 nitrogen and oxygen atoms in total. The molecule has 0 radical (unpaired) electrons. The van der Waals surface area contributed by atoms with Gasteiger partial charge in [0.1, 0.15) is 5.82 Å². The predicted molar refractivity (Wildman–Crippen MR) is 101 cm³/mol. The maximum Gasteiger partial charge on any atom is 0.253 e. The van der Waals surface area contributed by atoms with Gasteiger partial charge in [0.05, 0.1) is 25.4 Å². The van der Waals surface area contributed by atoms with Crippen molar-refractivity contribution >= 4 is 5.91 Å². The average molecular weight is 382 g/mol. The van der Waals surface area contributed by atoms with Crippen molar-refractivity contribution in [1.82, 2.24) is 9.80 Å². The van der Waals surface area contributed by atoms with Crippen LogP contribution < -0.4 is 0 Å². The molecule has 0 aliphatic carbocycles. The van der Waals surface area contributed by atoms with Crippen molar-refractivity contribution in [1.29, 1.82) is 0 Å². The Kier molecular flexibility index (Phi) is 8.63. The third-order valence-electron chi connectivity index (χ3n) is 4.44. The Morgan fingerprint density at radius 3 is 2.74 bits per heavy atom. The van der Waals surface area contributed by atoms with Gasteiger partial charge >= 0.3 is 0 Å². The van der Waals surface area contributed by atoms with Crippen molar-refractivity contribution in [3.05, 3.63) is 35.6 Å². The molecular formula is C20H31FN2O4. The lowest BCUT2D eigenvalue weighted by molar-refractivity contribution is -0.0569. The summed E-state index contributed by atoms with van der Waals surface area (Å²) in [6, 6.07) is 5.63. The second-order valence-corrected chi connectivity index (χ2v) is 7.47. The number of rotatable bonds is 9. The molecule has 2 atom stereocenters. The maximum absolute atomic E-state index is 13.2. The first-order valence-corrected chi connectivity index (χ1v) is 9.44. The number of benzene rings is 1. The number of aliphatic hydroxyl groups is 1. The lowest BCUT2D eigenvalue weighted by Crippen LogP contribution is -2.51. The summed E-state index contributed by atoms with van der Waals surface area (Å²) in [6.45, 7) is 7.94. The number of carbonyl (C=O) groups is 1. The van der Waals surface area contributed by atoms with Crippen LogP contribution in [-0.4, -0.2) is 86.1 Å². The van der Waals surface area contributed by atoms with Crippen LogP contribution in [0.15, 0.2) is 24.3 Å². The molecule has 0 bridgehead atoms. The lowest BCUT2D eigenvalue weighted by atomic mass is 10.1. The minimum atomic E-state index is -0.540. The van der Waals surface area contributed by atoms with Crippen LogP contribution in [-0.2, 0) is 9.47 Å². The number of amides is 1. The second kappa shape index (κ2) is 10.7. The van der Waals surface area contributed by atoms with Crippen molar-refractivity contribution in [2.75, 3.05) is 53.0 Å². The van der Waals surface area contributed by atoms with Crippen molar-refractivity contribution in [2.24, 2.45) is 5.92 Å². The van der Waals surface area contributed by atoms with E-state index in [1.54, 1.807) is 12.0 Å². The van der Waals surface area contributed by atoms with E-state index in [0.717, 1.165) is 6.54 Å². The second-order valence-electron chi connectivity index (χ2n) is 7.47. The topological polar surface area (TPSA) is 62.2 Å². The molecule has 1 aliphatic heterocycles. The Balaban J connectivity index is 2.00. The Labute approximate surface area is 160 Å². The van der Waals surface area contributed by atoms with Gasteiger partial charge in [-0.3, -0.25) is 9.69 Å². The van der Waals surface area contributed by atoms with Crippen LogP contribution in [0.4, 0.5) is 4.39 Å². The van der Waals surface area contributed by atoms with E-state index in [4.69, 9.17) is 9.47 Å². The number of aliphatic hydroxyl groups excluding tert-OH is 1. The Morgan fingerprint density at radius 2 is 2.11 bits per heavy atom. The fraction of sp³-hybridized carbons (Fsp3) is 0.650. The summed E-state index contributed by atoms with van der Waals surface area (Å²) in [6.07, 6.45) is -0.669. The molecule has 1 heterocycles. The van der Waals surface area contributed by atoms with E-state index in [2.05, 4.69) is 18.7 Å². The number of carbonyl (C=O) groups excluding carboxylic acids is 1. The SMILES string of the molecule is COCC(O)CN1CCOC(CN(CC(C)C)C(=O)c2ccc(F)cc2)C1. The molecule has 1 N–H and O–H groups in total. The molecule has 1 aliphatic rings. The highest BCUT2D eigenvalue weighted by atomic mass is 19.1. The molecule has 0 saturated carbocycles. The molecule has 7 heteroatoms. The Hall–Kier alpha value is -1.54. The molecule has 1 aromatic carbocycles. The first-order chi connectivity index (χ1) is 12.9. The quantitative estimate of drug-likeness (QED) is 0.703. The van der Waals surface area contributed by atoms with Gasteiger partial charge in [0.25, 0.3) is 5.91 Å². The van der Waals surface area contributed by atoms with Crippen LogP contribution in [0.25, 0.3) is 0 Å². The summed E-state index contributed by atoms with van der Waals surface area (Å²) in [4.78, 5) is 16.8. The number of methoxy groups -OCH3 is 1. The number of β-amino-alcohol motifs (C(OH)–C–C–N with tert-alkyl or cyclic N) is 1. The van der Waals surface area contributed by atoms with Crippen molar-refractivity contribution in [3.8, 4) is 0 Å². The van der Waals surface area contributed by atoms with E-state index in [9.17, 15) is 14.3 Å². The number of hydrogen-bond donors (Lipinski definition) is 1. The molecular weight excluding hydrogens is 351 g/mol. The molecule has 152 valence electrons. The van der Waals surface area contributed by atoms with Crippen LogP contribution in [0.5, 0.6) is 0 Å². The lowest BCUT2D eigenvalue weighted by Gasteiger charge is -2.37. The Morgan fingerprint density at radius 1 is 1.41 bits per heavy atom. The molecule has 2 unspecified atom stereocenters. The zero-order valence-electron chi connectivity index (χ0n) is 16.4. The molecule has 27 heavy (non-hydrogen) atoms. The van der Waals surface area contributed by atoms with Gasteiger partial charge in [-0.05, 0) is 30.2 Å². The molecule has 0 spiro atoms. The van der Waals surface area contributed by atoms with E-state index >= 15 is 0 Å². The van der Waals surface area contributed by atoms with Gasteiger partial charge in [-0.25, -0.2) is 4.39 Å². The summed E-state index contributed by atoms with van der Waals surface area (Å²) in [5, 5.41) is 9.95. The highest BCUT2D eigenvalue weighted by molar-refractivity contribution is 5.94. The summed E-state index contributed by atoms with van der Waals surface area (Å²) < 4.78 is 24.0. The van der Waals surface area contributed by atoms with E-state index < -0.39 is 6.10 Å². The van der Waals surface area contributed by atoms with Gasteiger partial charge in [0.15, 0.2) is 0 Å². The van der Waals surface area contributed by atoms with Crippen LogP contribution in [0.3, 0.4) is 0 Å². The molecule has 1 amide bonds. The highest BCUT2D eigenvalue weighted by Crippen LogP contribution is 2.13. The van der Waals surface area contributed by atoms with Gasteiger partial charge in [-0.15, -0.1) is 0 Å². The minimum Gasteiger partial charge on any atom is -0.389 e. The number of nitrogens with zero attached hydrogens (tertiary/aromatic N) is 2.